The van der Waals surface area contributed by atoms with Crippen molar-refractivity contribution < 1.29 is 14.1 Å². The van der Waals surface area contributed by atoms with Gasteiger partial charge in [0.1, 0.15) is 0 Å². The summed E-state index contributed by atoms with van der Waals surface area (Å²) in [5, 5.41) is 3.90. The van der Waals surface area contributed by atoms with Gasteiger partial charge in [-0.25, -0.2) is 4.79 Å². The molecule has 0 radical (unpaired) electrons. The van der Waals surface area contributed by atoms with E-state index in [0.29, 0.717) is 23.8 Å². The normalized spacial score (nSPS) is 19.7. The molecule has 0 saturated heterocycles. The lowest BCUT2D eigenvalue weighted by atomic mass is 9.73. The molecule has 2 rings (SSSR count). The Labute approximate surface area is 107 Å². The molecule has 0 bridgehead atoms. The number of carbonyl (C=O) groups is 1. The van der Waals surface area contributed by atoms with E-state index in [2.05, 4.69) is 24.0 Å². The molecule has 5 nitrogen and oxygen atoms in total. The number of rotatable bonds is 3. The Morgan fingerprint density at radius 2 is 2.11 bits per heavy atom. The lowest BCUT2D eigenvalue weighted by molar-refractivity contribution is 0.0470. The van der Waals surface area contributed by atoms with E-state index in [-0.39, 0.29) is 5.89 Å². The van der Waals surface area contributed by atoms with Crippen molar-refractivity contribution >= 4 is 5.97 Å². The van der Waals surface area contributed by atoms with Gasteiger partial charge in [-0.05, 0) is 38.0 Å². The fourth-order valence-corrected chi connectivity index (χ4v) is 2.33. The third-order valence-electron chi connectivity index (χ3n) is 3.60. The molecule has 5 heteroatoms. The summed E-state index contributed by atoms with van der Waals surface area (Å²) in [6.45, 7) is 6.62. The zero-order valence-corrected chi connectivity index (χ0v) is 11.2. The fraction of sp³-hybridized carbons (Fsp3) is 0.769. The van der Waals surface area contributed by atoms with Gasteiger partial charge < -0.3 is 9.26 Å². The molecular formula is C13H20N2O3. The van der Waals surface area contributed by atoms with Crippen LogP contribution in [-0.2, 0) is 4.74 Å². The van der Waals surface area contributed by atoms with E-state index in [1.54, 1.807) is 6.92 Å². The first-order chi connectivity index (χ1) is 8.52. The third kappa shape index (κ3) is 2.89. The average molecular weight is 252 g/mol. The van der Waals surface area contributed by atoms with Crippen LogP contribution in [0.15, 0.2) is 4.52 Å². The Hall–Kier alpha value is -1.39. The van der Waals surface area contributed by atoms with E-state index in [1.165, 1.54) is 0 Å². The minimum atomic E-state index is -0.535. The number of hydrogen-bond acceptors (Lipinski definition) is 5. The van der Waals surface area contributed by atoms with Crippen LogP contribution in [0.1, 0.15) is 68.9 Å². The van der Waals surface area contributed by atoms with Crippen molar-refractivity contribution in [3.05, 3.63) is 11.7 Å². The van der Waals surface area contributed by atoms with Crippen LogP contribution in [0, 0.1) is 5.41 Å². The predicted molar refractivity (Wildman–Crippen MR) is 65.2 cm³/mol. The van der Waals surface area contributed by atoms with Gasteiger partial charge in [-0.2, -0.15) is 4.98 Å². The number of esters is 1. The standard InChI is InChI=1S/C13H20N2O3/c1-4-17-12(16)11-14-10(15-18-11)9-5-7-13(2,3)8-6-9/h9H,4-8H2,1-3H3. The summed E-state index contributed by atoms with van der Waals surface area (Å²) in [6.07, 6.45) is 4.41. The van der Waals surface area contributed by atoms with Crippen molar-refractivity contribution in [3.8, 4) is 0 Å². The minimum absolute atomic E-state index is 0.0308. The van der Waals surface area contributed by atoms with Gasteiger partial charge >= 0.3 is 11.9 Å². The van der Waals surface area contributed by atoms with Crippen LogP contribution in [0.5, 0.6) is 0 Å². The Kier molecular flexibility index (Phi) is 3.68. The van der Waals surface area contributed by atoms with Crippen LogP contribution in [0.2, 0.25) is 0 Å². The van der Waals surface area contributed by atoms with Gasteiger partial charge in [0, 0.05) is 5.92 Å². The van der Waals surface area contributed by atoms with Crippen molar-refractivity contribution in [2.45, 2.75) is 52.4 Å². The van der Waals surface area contributed by atoms with Crippen molar-refractivity contribution in [1.82, 2.24) is 10.1 Å². The summed E-state index contributed by atoms with van der Waals surface area (Å²) in [4.78, 5) is 15.6. The van der Waals surface area contributed by atoms with Gasteiger partial charge in [-0.1, -0.05) is 19.0 Å². The topological polar surface area (TPSA) is 65.2 Å². The van der Waals surface area contributed by atoms with Gasteiger partial charge in [0.2, 0.25) is 0 Å². The van der Waals surface area contributed by atoms with E-state index in [0.717, 1.165) is 25.7 Å². The summed E-state index contributed by atoms with van der Waals surface area (Å²) >= 11 is 0. The molecule has 0 N–H and O–H groups in total. The summed E-state index contributed by atoms with van der Waals surface area (Å²) in [7, 11) is 0. The summed E-state index contributed by atoms with van der Waals surface area (Å²) in [5.74, 6) is 0.391. The van der Waals surface area contributed by atoms with Gasteiger partial charge in [0.25, 0.3) is 0 Å². The second-order valence-corrected chi connectivity index (χ2v) is 5.62. The Morgan fingerprint density at radius 3 is 2.72 bits per heavy atom. The van der Waals surface area contributed by atoms with E-state index in [1.807, 2.05) is 0 Å². The minimum Gasteiger partial charge on any atom is -0.459 e. The Bertz CT molecular complexity index is 416. The molecule has 1 aliphatic carbocycles. The van der Waals surface area contributed by atoms with Crippen LogP contribution < -0.4 is 0 Å². The molecule has 0 spiro atoms. The zero-order valence-electron chi connectivity index (χ0n) is 11.2. The van der Waals surface area contributed by atoms with Crippen LogP contribution in [0.4, 0.5) is 0 Å². The third-order valence-corrected chi connectivity index (χ3v) is 3.60. The molecule has 0 aromatic carbocycles. The van der Waals surface area contributed by atoms with E-state index < -0.39 is 5.97 Å². The molecular weight excluding hydrogens is 232 g/mol. The van der Waals surface area contributed by atoms with Crippen molar-refractivity contribution in [2.75, 3.05) is 6.61 Å². The number of nitrogens with zero attached hydrogens (tertiary/aromatic N) is 2. The quantitative estimate of drug-likeness (QED) is 0.774. The number of carbonyl (C=O) groups excluding carboxylic acids is 1. The van der Waals surface area contributed by atoms with Crippen molar-refractivity contribution in [3.63, 3.8) is 0 Å². The largest absolute Gasteiger partial charge is 0.459 e. The molecule has 18 heavy (non-hydrogen) atoms. The second kappa shape index (κ2) is 5.08. The second-order valence-electron chi connectivity index (χ2n) is 5.62. The maximum atomic E-state index is 11.4. The van der Waals surface area contributed by atoms with Crippen LogP contribution in [-0.4, -0.2) is 22.7 Å². The Morgan fingerprint density at radius 1 is 1.44 bits per heavy atom. The lowest BCUT2D eigenvalue weighted by Crippen LogP contribution is -2.20. The van der Waals surface area contributed by atoms with E-state index in [4.69, 9.17) is 9.26 Å². The van der Waals surface area contributed by atoms with E-state index >= 15 is 0 Å². The predicted octanol–water partition coefficient (Wildman–Crippen LogP) is 2.93. The molecule has 0 unspecified atom stereocenters. The van der Waals surface area contributed by atoms with Gasteiger partial charge in [-0.15, -0.1) is 0 Å². The fourth-order valence-electron chi connectivity index (χ4n) is 2.33. The molecule has 1 saturated carbocycles. The number of aromatic nitrogens is 2. The molecule has 1 heterocycles. The zero-order chi connectivity index (χ0) is 13.2. The van der Waals surface area contributed by atoms with E-state index in [9.17, 15) is 4.79 Å². The Balaban J connectivity index is 2.00. The molecule has 1 aliphatic rings. The summed E-state index contributed by atoms with van der Waals surface area (Å²) in [5.41, 5.74) is 0.407. The average Bonchev–Trinajstić information content (AvgIpc) is 2.79. The molecule has 1 aromatic rings. The van der Waals surface area contributed by atoms with Gasteiger partial charge in [0.15, 0.2) is 5.82 Å². The molecule has 0 amide bonds. The van der Waals surface area contributed by atoms with Gasteiger partial charge in [-0.3, -0.25) is 0 Å². The molecule has 0 atom stereocenters. The summed E-state index contributed by atoms with van der Waals surface area (Å²) in [6, 6.07) is 0. The molecule has 100 valence electrons. The highest BCUT2D eigenvalue weighted by atomic mass is 16.6. The van der Waals surface area contributed by atoms with Crippen molar-refractivity contribution in [1.29, 1.82) is 0 Å². The molecule has 1 fully saturated rings. The SMILES string of the molecule is CCOC(=O)c1nc(C2CCC(C)(C)CC2)no1. The molecule has 0 aliphatic heterocycles. The smallest absolute Gasteiger partial charge is 0.397 e. The van der Waals surface area contributed by atoms with Crippen molar-refractivity contribution in [2.24, 2.45) is 5.41 Å². The highest BCUT2D eigenvalue weighted by molar-refractivity contribution is 5.83. The first kappa shape index (κ1) is 13.1. The number of hydrogen-bond donors (Lipinski definition) is 0. The van der Waals surface area contributed by atoms with Crippen LogP contribution in [0.3, 0.4) is 0 Å². The van der Waals surface area contributed by atoms with Crippen LogP contribution in [0.25, 0.3) is 0 Å². The first-order valence-electron chi connectivity index (χ1n) is 6.52. The lowest BCUT2D eigenvalue weighted by Gasteiger charge is -2.32. The summed E-state index contributed by atoms with van der Waals surface area (Å²) < 4.78 is 9.78. The van der Waals surface area contributed by atoms with Crippen LogP contribution >= 0.6 is 0 Å². The highest BCUT2D eigenvalue weighted by Gasteiger charge is 2.30. The van der Waals surface area contributed by atoms with Gasteiger partial charge in [0.05, 0.1) is 6.61 Å². The molecule has 1 aromatic heterocycles. The maximum absolute atomic E-state index is 11.4. The highest BCUT2D eigenvalue weighted by Crippen LogP contribution is 2.41. The number of ether oxygens (including phenoxy) is 1. The maximum Gasteiger partial charge on any atom is 0.397 e. The monoisotopic (exact) mass is 252 g/mol. The first-order valence-corrected chi connectivity index (χ1v) is 6.52.